The Balaban J connectivity index is 2.70. The molecule has 6 nitrogen and oxygen atoms in total. The topological polar surface area (TPSA) is 97.9 Å². The van der Waals surface area contributed by atoms with E-state index in [1.165, 1.54) is 12.1 Å². The molecule has 1 aromatic carbocycles. The molecular weight excluding hydrogens is 244 g/mol. The molecule has 19 heavy (non-hydrogen) atoms. The number of benzene rings is 1. The Kier molecular flexibility index (Phi) is 2.97. The lowest BCUT2D eigenvalue weighted by atomic mass is 10.2. The Bertz CT molecular complexity index is 710. The van der Waals surface area contributed by atoms with E-state index in [1.54, 1.807) is 23.6 Å². The minimum atomic E-state index is -0.462. The van der Waals surface area contributed by atoms with Crippen LogP contribution in [-0.2, 0) is 0 Å². The quantitative estimate of drug-likeness (QED) is 0.659. The fourth-order valence-electron chi connectivity index (χ4n) is 2.05. The lowest BCUT2D eigenvalue weighted by molar-refractivity contribution is -0.384. The van der Waals surface area contributed by atoms with E-state index in [4.69, 9.17) is 11.0 Å². The highest BCUT2D eigenvalue weighted by atomic mass is 16.6. The van der Waals surface area contributed by atoms with E-state index in [-0.39, 0.29) is 5.69 Å². The van der Waals surface area contributed by atoms with Crippen LogP contribution in [0.25, 0.3) is 5.69 Å². The van der Waals surface area contributed by atoms with Crippen LogP contribution in [0.1, 0.15) is 16.8 Å². The van der Waals surface area contributed by atoms with Gasteiger partial charge in [-0.25, -0.2) is 0 Å². The standard InChI is InChI=1S/C13H12N4O2/c1-8-9(2)16(13(15)12(8)7-14)10-4-3-5-11(6-10)17(18)19/h3-6H,15H2,1-2H3. The minimum absolute atomic E-state index is 0.0128. The highest BCUT2D eigenvalue weighted by Gasteiger charge is 2.17. The first kappa shape index (κ1) is 12.6. The first-order chi connectivity index (χ1) is 8.97. The number of rotatable bonds is 2. The fraction of sp³-hybridized carbons (Fsp3) is 0.154. The second-order valence-corrected chi connectivity index (χ2v) is 4.19. The third-order valence-corrected chi connectivity index (χ3v) is 3.16. The average Bonchev–Trinajstić information content (AvgIpc) is 2.60. The van der Waals surface area contributed by atoms with Crippen LogP contribution in [0.15, 0.2) is 24.3 Å². The van der Waals surface area contributed by atoms with Crippen LogP contribution >= 0.6 is 0 Å². The summed E-state index contributed by atoms with van der Waals surface area (Å²) in [5, 5.41) is 19.9. The predicted molar refractivity (Wildman–Crippen MR) is 71.0 cm³/mol. The normalized spacial score (nSPS) is 10.2. The summed E-state index contributed by atoms with van der Waals surface area (Å²) in [6, 6.07) is 8.21. The van der Waals surface area contributed by atoms with Gasteiger partial charge in [0.1, 0.15) is 11.9 Å². The molecule has 6 heteroatoms. The van der Waals surface area contributed by atoms with E-state index < -0.39 is 4.92 Å². The number of hydrogen-bond donors (Lipinski definition) is 1. The molecule has 0 aliphatic heterocycles. The van der Waals surface area contributed by atoms with Gasteiger partial charge in [-0.05, 0) is 25.5 Å². The molecule has 1 aromatic heterocycles. The number of nitro groups is 1. The summed E-state index contributed by atoms with van der Waals surface area (Å²) in [5.41, 5.74) is 8.50. The zero-order valence-corrected chi connectivity index (χ0v) is 10.5. The van der Waals surface area contributed by atoms with Gasteiger partial charge in [0, 0.05) is 17.8 Å². The first-order valence-electron chi connectivity index (χ1n) is 5.59. The maximum atomic E-state index is 10.8. The van der Waals surface area contributed by atoms with E-state index in [2.05, 4.69) is 6.07 Å². The van der Waals surface area contributed by atoms with Crippen molar-refractivity contribution in [2.24, 2.45) is 0 Å². The molecule has 0 amide bonds. The van der Waals surface area contributed by atoms with Gasteiger partial charge < -0.3 is 5.73 Å². The van der Waals surface area contributed by atoms with Gasteiger partial charge in [-0.2, -0.15) is 5.26 Å². The number of nitriles is 1. The number of nitrogen functional groups attached to an aromatic ring is 1. The van der Waals surface area contributed by atoms with Crippen LogP contribution in [-0.4, -0.2) is 9.49 Å². The summed E-state index contributed by atoms with van der Waals surface area (Å²) in [6.07, 6.45) is 0. The Morgan fingerprint density at radius 3 is 2.63 bits per heavy atom. The van der Waals surface area contributed by atoms with Crippen LogP contribution < -0.4 is 5.73 Å². The maximum Gasteiger partial charge on any atom is 0.271 e. The highest BCUT2D eigenvalue weighted by molar-refractivity contribution is 5.63. The fourth-order valence-corrected chi connectivity index (χ4v) is 2.05. The molecule has 0 saturated heterocycles. The van der Waals surface area contributed by atoms with E-state index in [9.17, 15) is 10.1 Å². The van der Waals surface area contributed by atoms with Gasteiger partial charge in [-0.1, -0.05) is 6.07 Å². The number of hydrogen-bond acceptors (Lipinski definition) is 4. The SMILES string of the molecule is Cc1c(C#N)c(N)n(-c2cccc([N+](=O)[O-])c2)c1C. The third-order valence-electron chi connectivity index (χ3n) is 3.16. The number of non-ortho nitro benzene ring substituents is 1. The summed E-state index contributed by atoms with van der Waals surface area (Å²) < 4.78 is 1.65. The van der Waals surface area contributed by atoms with E-state index in [0.29, 0.717) is 17.1 Å². The Hall–Kier alpha value is -2.81. The molecule has 2 aromatic rings. The Morgan fingerprint density at radius 1 is 1.42 bits per heavy atom. The molecule has 2 rings (SSSR count). The summed E-state index contributed by atoms with van der Waals surface area (Å²) in [7, 11) is 0. The summed E-state index contributed by atoms with van der Waals surface area (Å²) >= 11 is 0. The smallest absolute Gasteiger partial charge is 0.271 e. The first-order valence-corrected chi connectivity index (χ1v) is 5.59. The molecule has 1 heterocycles. The van der Waals surface area contributed by atoms with Crippen molar-refractivity contribution >= 4 is 11.5 Å². The van der Waals surface area contributed by atoms with Crippen molar-refractivity contribution < 1.29 is 4.92 Å². The van der Waals surface area contributed by atoms with Crippen molar-refractivity contribution in [3.05, 3.63) is 51.2 Å². The minimum Gasteiger partial charge on any atom is -0.384 e. The average molecular weight is 256 g/mol. The Morgan fingerprint density at radius 2 is 2.11 bits per heavy atom. The predicted octanol–water partition coefficient (Wildman–Crippen LogP) is 2.46. The molecule has 0 aliphatic carbocycles. The zero-order valence-electron chi connectivity index (χ0n) is 10.5. The molecule has 0 unspecified atom stereocenters. The monoisotopic (exact) mass is 256 g/mol. The largest absolute Gasteiger partial charge is 0.384 e. The van der Waals surface area contributed by atoms with Crippen molar-refractivity contribution in [1.82, 2.24) is 4.57 Å². The number of aromatic nitrogens is 1. The second-order valence-electron chi connectivity index (χ2n) is 4.19. The van der Waals surface area contributed by atoms with Gasteiger partial charge in [-0.3, -0.25) is 14.7 Å². The van der Waals surface area contributed by atoms with E-state index in [1.807, 2.05) is 6.92 Å². The van der Waals surface area contributed by atoms with Crippen molar-refractivity contribution in [3.63, 3.8) is 0 Å². The maximum absolute atomic E-state index is 10.8. The van der Waals surface area contributed by atoms with Gasteiger partial charge in [0.2, 0.25) is 0 Å². The van der Waals surface area contributed by atoms with Gasteiger partial charge in [-0.15, -0.1) is 0 Å². The molecule has 96 valence electrons. The summed E-state index contributed by atoms with van der Waals surface area (Å²) in [6.45, 7) is 3.63. The molecule has 0 spiro atoms. The summed E-state index contributed by atoms with van der Waals surface area (Å²) in [5.74, 6) is 0.304. The summed E-state index contributed by atoms with van der Waals surface area (Å²) in [4.78, 5) is 10.3. The Labute approximate surface area is 109 Å². The van der Waals surface area contributed by atoms with Crippen LogP contribution in [0.3, 0.4) is 0 Å². The van der Waals surface area contributed by atoms with Crippen LogP contribution in [0, 0.1) is 35.3 Å². The zero-order chi connectivity index (χ0) is 14.2. The number of nitrogens with zero attached hydrogens (tertiary/aromatic N) is 3. The van der Waals surface area contributed by atoms with E-state index in [0.717, 1.165) is 11.3 Å². The molecular formula is C13H12N4O2. The molecule has 0 fully saturated rings. The lowest BCUT2D eigenvalue weighted by Gasteiger charge is -2.08. The van der Waals surface area contributed by atoms with Gasteiger partial charge in [0.15, 0.2) is 0 Å². The molecule has 0 aliphatic rings. The second kappa shape index (κ2) is 4.46. The molecule has 0 bridgehead atoms. The van der Waals surface area contributed by atoms with Crippen LogP contribution in [0.5, 0.6) is 0 Å². The number of nitrogens with two attached hydrogens (primary N) is 1. The number of nitro benzene ring substituents is 1. The molecule has 0 atom stereocenters. The van der Waals surface area contributed by atoms with Crippen molar-refractivity contribution in [1.29, 1.82) is 5.26 Å². The van der Waals surface area contributed by atoms with Crippen molar-refractivity contribution in [2.75, 3.05) is 5.73 Å². The van der Waals surface area contributed by atoms with Crippen LogP contribution in [0.4, 0.5) is 11.5 Å². The molecule has 0 saturated carbocycles. The number of anilines is 1. The van der Waals surface area contributed by atoms with E-state index >= 15 is 0 Å². The third kappa shape index (κ3) is 1.91. The molecule has 0 radical (unpaired) electrons. The highest BCUT2D eigenvalue weighted by Crippen LogP contribution is 2.28. The van der Waals surface area contributed by atoms with Gasteiger partial charge >= 0.3 is 0 Å². The van der Waals surface area contributed by atoms with Gasteiger partial charge in [0.25, 0.3) is 5.69 Å². The van der Waals surface area contributed by atoms with Gasteiger partial charge in [0.05, 0.1) is 16.2 Å². The van der Waals surface area contributed by atoms with Crippen LogP contribution in [0.2, 0.25) is 0 Å². The van der Waals surface area contributed by atoms with Crippen molar-refractivity contribution in [2.45, 2.75) is 13.8 Å². The molecule has 2 N–H and O–H groups in total. The lowest BCUT2D eigenvalue weighted by Crippen LogP contribution is -2.03. The van der Waals surface area contributed by atoms with Crippen molar-refractivity contribution in [3.8, 4) is 11.8 Å².